The van der Waals surface area contributed by atoms with Crippen LogP contribution in [-0.4, -0.2) is 56.9 Å². The lowest BCUT2D eigenvalue weighted by atomic mass is 10.1. The Labute approximate surface area is 166 Å². The minimum absolute atomic E-state index is 0.158. The average molecular weight is 383 g/mol. The minimum Gasteiger partial charge on any atom is -0.492 e. The molecule has 1 saturated heterocycles. The summed E-state index contributed by atoms with van der Waals surface area (Å²) in [6.45, 7) is 6.16. The molecular formula is C22H29N3O3. The van der Waals surface area contributed by atoms with Gasteiger partial charge in [-0.3, -0.25) is 4.90 Å². The molecule has 1 aliphatic heterocycles. The van der Waals surface area contributed by atoms with Gasteiger partial charge in [0.1, 0.15) is 12.4 Å². The molecule has 6 nitrogen and oxygen atoms in total. The van der Waals surface area contributed by atoms with Crippen LogP contribution in [0.1, 0.15) is 11.1 Å². The number of hydrogen-bond donors (Lipinski definition) is 2. The highest BCUT2D eigenvalue weighted by atomic mass is 16.5. The first-order chi connectivity index (χ1) is 13.8. The third-order valence-corrected chi connectivity index (χ3v) is 4.67. The summed E-state index contributed by atoms with van der Waals surface area (Å²) in [5, 5.41) is 5.78. The SMILES string of the molecule is O=C(NCCc1ccccc1)NCc1cccc(OCCN2CCOCC2)c1. The largest absolute Gasteiger partial charge is 0.492 e. The van der Waals surface area contributed by atoms with Crippen LogP contribution in [0, 0.1) is 0 Å². The first-order valence-electron chi connectivity index (χ1n) is 9.87. The van der Waals surface area contributed by atoms with Crippen molar-refractivity contribution in [1.29, 1.82) is 0 Å². The Morgan fingerprint density at radius 2 is 1.79 bits per heavy atom. The topological polar surface area (TPSA) is 62.8 Å². The third kappa shape index (κ3) is 7.21. The van der Waals surface area contributed by atoms with Crippen molar-refractivity contribution in [2.45, 2.75) is 13.0 Å². The zero-order chi connectivity index (χ0) is 19.4. The van der Waals surface area contributed by atoms with Crippen molar-refractivity contribution < 1.29 is 14.3 Å². The van der Waals surface area contributed by atoms with Gasteiger partial charge in [0, 0.05) is 32.7 Å². The number of carbonyl (C=O) groups excluding carboxylic acids is 1. The predicted molar refractivity (Wildman–Crippen MR) is 110 cm³/mol. The first kappa shape index (κ1) is 20.2. The minimum atomic E-state index is -0.158. The molecule has 0 unspecified atom stereocenters. The normalized spacial score (nSPS) is 14.4. The Kier molecular flexibility index (Phi) is 8.15. The molecule has 0 bridgehead atoms. The Hall–Kier alpha value is -2.57. The third-order valence-electron chi connectivity index (χ3n) is 4.67. The molecule has 1 fully saturated rings. The van der Waals surface area contributed by atoms with Gasteiger partial charge in [0.05, 0.1) is 13.2 Å². The molecule has 2 aromatic rings. The molecule has 150 valence electrons. The van der Waals surface area contributed by atoms with Crippen molar-refractivity contribution in [3.05, 3.63) is 65.7 Å². The van der Waals surface area contributed by atoms with Crippen LogP contribution in [0.5, 0.6) is 5.75 Å². The van der Waals surface area contributed by atoms with E-state index in [2.05, 4.69) is 27.7 Å². The van der Waals surface area contributed by atoms with Gasteiger partial charge in [-0.15, -0.1) is 0 Å². The summed E-state index contributed by atoms with van der Waals surface area (Å²) < 4.78 is 11.2. The molecule has 0 atom stereocenters. The fraction of sp³-hybridized carbons (Fsp3) is 0.409. The smallest absolute Gasteiger partial charge is 0.315 e. The molecule has 0 radical (unpaired) electrons. The van der Waals surface area contributed by atoms with Crippen LogP contribution in [0.3, 0.4) is 0 Å². The number of nitrogens with one attached hydrogen (secondary N) is 2. The van der Waals surface area contributed by atoms with E-state index < -0.39 is 0 Å². The van der Waals surface area contributed by atoms with Crippen LogP contribution in [0.15, 0.2) is 54.6 Å². The predicted octanol–water partition coefficient (Wildman–Crippen LogP) is 2.44. The van der Waals surface area contributed by atoms with Crippen LogP contribution >= 0.6 is 0 Å². The van der Waals surface area contributed by atoms with E-state index in [0.717, 1.165) is 50.6 Å². The second-order valence-electron chi connectivity index (χ2n) is 6.79. The number of nitrogens with zero attached hydrogens (tertiary/aromatic N) is 1. The molecule has 0 aliphatic carbocycles. The molecule has 0 spiro atoms. The molecule has 2 aromatic carbocycles. The number of rotatable bonds is 9. The van der Waals surface area contributed by atoms with Gasteiger partial charge in [-0.25, -0.2) is 4.79 Å². The monoisotopic (exact) mass is 383 g/mol. The zero-order valence-corrected chi connectivity index (χ0v) is 16.2. The van der Waals surface area contributed by atoms with Crippen LogP contribution in [0.2, 0.25) is 0 Å². The second-order valence-corrected chi connectivity index (χ2v) is 6.79. The molecule has 2 amide bonds. The number of morpholine rings is 1. The summed E-state index contributed by atoms with van der Waals surface area (Å²) in [7, 11) is 0. The Bertz CT molecular complexity index is 718. The summed E-state index contributed by atoms with van der Waals surface area (Å²) in [6.07, 6.45) is 0.820. The Morgan fingerprint density at radius 1 is 1.00 bits per heavy atom. The number of hydrogen-bond acceptors (Lipinski definition) is 4. The Morgan fingerprint density at radius 3 is 2.61 bits per heavy atom. The Balaban J connectivity index is 1.33. The van der Waals surface area contributed by atoms with Gasteiger partial charge >= 0.3 is 6.03 Å². The maximum Gasteiger partial charge on any atom is 0.315 e. The van der Waals surface area contributed by atoms with Gasteiger partial charge in [0.2, 0.25) is 0 Å². The van der Waals surface area contributed by atoms with Gasteiger partial charge in [-0.2, -0.15) is 0 Å². The van der Waals surface area contributed by atoms with Gasteiger partial charge in [-0.05, 0) is 29.7 Å². The summed E-state index contributed by atoms with van der Waals surface area (Å²) in [4.78, 5) is 14.3. The van der Waals surface area contributed by atoms with E-state index >= 15 is 0 Å². The van der Waals surface area contributed by atoms with Crippen LogP contribution in [-0.2, 0) is 17.7 Å². The quantitative estimate of drug-likeness (QED) is 0.698. The number of benzene rings is 2. The van der Waals surface area contributed by atoms with Crippen molar-refractivity contribution in [2.24, 2.45) is 0 Å². The van der Waals surface area contributed by atoms with Crippen LogP contribution in [0.4, 0.5) is 4.79 Å². The lowest BCUT2D eigenvalue weighted by Gasteiger charge is -2.26. The van der Waals surface area contributed by atoms with E-state index in [4.69, 9.17) is 9.47 Å². The van der Waals surface area contributed by atoms with E-state index in [0.29, 0.717) is 19.7 Å². The molecule has 0 saturated carbocycles. The second kappa shape index (κ2) is 11.3. The molecule has 6 heteroatoms. The molecule has 3 rings (SSSR count). The molecule has 1 heterocycles. The number of carbonyl (C=O) groups is 1. The number of amides is 2. The van der Waals surface area contributed by atoms with E-state index in [-0.39, 0.29) is 6.03 Å². The van der Waals surface area contributed by atoms with Crippen molar-refractivity contribution in [3.63, 3.8) is 0 Å². The van der Waals surface area contributed by atoms with Gasteiger partial charge in [0.15, 0.2) is 0 Å². The van der Waals surface area contributed by atoms with Gasteiger partial charge in [-0.1, -0.05) is 42.5 Å². The first-order valence-corrected chi connectivity index (χ1v) is 9.87. The van der Waals surface area contributed by atoms with Crippen LogP contribution < -0.4 is 15.4 Å². The van der Waals surface area contributed by atoms with E-state index in [1.165, 1.54) is 5.56 Å². The average Bonchev–Trinajstić information content (AvgIpc) is 2.74. The maximum atomic E-state index is 12.0. The summed E-state index contributed by atoms with van der Waals surface area (Å²) in [5.74, 6) is 0.831. The van der Waals surface area contributed by atoms with Crippen molar-refractivity contribution in [3.8, 4) is 5.75 Å². The van der Waals surface area contributed by atoms with Gasteiger partial charge < -0.3 is 20.1 Å². The number of urea groups is 1. The molecule has 2 N–H and O–H groups in total. The fourth-order valence-corrected chi connectivity index (χ4v) is 3.07. The highest BCUT2D eigenvalue weighted by Crippen LogP contribution is 2.13. The van der Waals surface area contributed by atoms with E-state index in [1.54, 1.807) is 0 Å². The maximum absolute atomic E-state index is 12.0. The van der Waals surface area contributed by atoms with E-state index in [1.807, 2.05) is 42.5 Å². The van der Waals surface area contributed by atoms with E-state index in [9.17, 15) is 4.79 Å². The molecule has 0 aromatic heterocycles. The lowest BCUT2D eigenvalue weighted by Crippen LogP contribution is -2.38. The number of ether oxygens (including phenoxy) is 2. The molecule has 28 heavy (non-hydrogen) atoms. The van der Waals surface area contributed by atoms with Crippen LogP contribution in [0.25, 0.3) is 0 Å². The standard InChI is InChI=1S/C22H29N3O3/c26-22(23-10-9-19-5-2-1-3-6-19)24-18-20-7-4-8-21(17-20)28-16-13-25-11-14-27-15-12-25/h1-8,17H,9-16,18H2,(H2,23,24,26). The van der Waals surface area contributed by atoms with Crippen molar-refractivity contribution in [1.82, 2.24) is 15.5 Å². The highest BCUT2D eigenvalue weighted by Gasteiger charge is 2.09. The van der Waals surface area contributed by atoms with Gasteiger partial charge in [0.25, 0.3) is 0 Å². The summed E-state index contributed by atoms with van der Waals surface area (Å²) in [5.41, 5.74) is 2.23. The molecule has 1 aliphatic rings. The fourth-order valence-electron chi connectivity index (χ4n) is 3.07. The lowest BCUT2D eigenvalue weighted by molar-refractivity contribution is 0.0322. The summed E-state index contributed by atoms with van der Waals surface area (Å²) in [6, 6.07) is 17.8. The highest BCUT2D eigenvalue weighted by molar-refractivity contribution is 5.73. The molecular weight excluding hydrogens is 354 g/mol. The summed E-state index contributed by atoms with van der Waals surface area (Å²) >= 11 is 0. The van der Waals surface area contributed by atoms with Crippen molar-refractivity contribution in [2.75, 3.05) is 46.0 Å². The zero-order valence-electron chi connectivity index (χ0n) is 16.2. The van der Waals surface area contributed by atoms with Crippen molar-refractivity contribution >= 4 is 6.03 Å².